The van der Waals surface area contributed by atoms with Crippen LogP contribution in [0.2, 0.25) is 5.02 Å². The van der Waals surface area contributed by atoms with Crippen LogP contribution < -0.4 is 5.32 Å². The van der Waals surface area contributed by atoms with Crippen molar-refractivity contribution >= 4 is 27.3 Å². The second kappa shape index (κ2) is 5.32. The Morgan fingerprint density at radius 3 is 2.38 bits per heavy atom. The molecule has 1 rings (SSSR count). The van der Waals surface area contributed by atoms with Gasteiger partial charge in [-0.25, -0.2) is 8.42 Å². The van der Waals surface area contributed by atoms with E-state index in [1.54, 1.807) is 24.3 Å². The molecule has 1 N–H and O–H groups in total. The number of sulfone groups is 1. The van der Waals surface area contributed by atoms with Crippen LogP contribution in [0.15, 0.2) is 24.3 Å². The summed E-state index contributed by atoms with van der Waals surface area (Å²) in [5, 5.41) is 3.06. The van der Waals surface area contributed by atoms with Crippen molar-refractivity contribution in [3.63, 3.8) is 0 Å². The first-order valence-electron chi connectivity index (χ1n) is 4.60. The molecule has 4 nitrogen and oxygen atoms in total. The van der Waals surface area contributed by atoms with Gasteiger partial charge in [0.1, 0.15) is 9.84 Å². The molecular formula is C10H12ClNO3S. The van der Waals surface area contributed by atoms with Crippen molar-refractivity contribution in [3.8, 4) is 0 Å². The molecule has 0 saturated carbocycles. The van der Waals surface area contributed by atoms with Gasteiger partial charge in [0.05, 0.1) is 5.75 Å². The van der Waals surface area contributed by atoms with Gasteiger partial charge in [0.2, 0.25) is 0 Å². The first-order chi connectivity index (χ1) is 7.38. The summed E-state index contributed by atoms with van der Waals surface area (Å²) in [6.07, 6.45) is 1.13. The van der Waals surface area contributed by atoms with E-state index in [1.807, 2.05) is 0 Å². The fraction of sp³-hybridized carbons (Fsp3) is 0.300. The van der Waals surface area contributed by atoms with Crippen molar-refractivity contribution in [2.45, 2.75) is 0 Å². The van der Waals surface area contributed by atoms with Crippen LogP contribution in [0, 0.1) is 0 Å². The monoisotopic (exact) mass is 261 g/mol. The van der Waals surface area contributed by atoms with Gasteiger partial charge in [-0.2, -0.15) is 0 Å². The molecule has 1 aromatic carbocycles. The number of hydrogen-bond acceptors (Lipinski definition) is 3. The zero-order valence-electron chi connectivity index (χ0n) is 8.73. The van der Waals surface area contributed by atoms with Crippen LogP contribution >= 0.6 is 11.6 Å². The third-order valence-electron chi connectivity index (χ3n) is 1.86. The standard InChI is InChI=1S/C10H12ClNO3S/c1-16(14,15)7-6-12-10(13)8-2-4-9(11)5-3-8/h2-5H,6-7H2,1H3,(H,12,13). The average Bonchev–Trinajstić information content (AvgIpc) is 2.16. The van der Waals surface area contributed by atoms with Crippen LogP contribution in [0.4, 0.5) is 0 Å². The van der Waals surface area contributed by atoms with E-state index in [2.05, 4.69) is 5.32 Å². The third-order valence-corrected chi connectivity index (χ3v) is 3.06. The van der Waals surface area contributed by atoms with E-state index in [1.165, 1.54) is 0 Å². The lowest BCUT2D eigenvalue weighted by molar-refractivity contribution is 0.0956. The highest BCUT2D eigenvalue weighted by atomic mass is 35.5. The number of carbonyl (C=O) groups excluding carboxylic acids is 1. The quantitative estimate of drug-likeness (QED) is 0.883. The smallest absolute Gasteiger partial charge is 0.251 e. The molecular weight excluding hydrogens is 250 g/mol. The van der Waals surface area contributed by atoms with Crippen LogP contribution in [-0.2, 0) is 9.84 Å². The molecule has 0 aliphatic carbocycles. The van der Waals surface area contributed by atoms with Crippen molar-refractivity contribution in [2.24, 2.45) is 0 Å². The fourth-order valence-electron chi connectivity index (χ4n) is 1.05. The summed E-state index contributed by atoms with van der Waals surface area (Å²) in [5.74, 6) is -0.368. The Labute approximate surface area is 99.5 Å². The largest absolute Gasteiger partial charge is 0.351 e. The molecule has 0 bridgehead atoms. The lowest BCUT2D eigenvalue weighted by Gasteiger charge is -2.04. The molecule has 0 heterocycles. The SMILES string of the molecule is CS(=O)(=O)CCNC(=O)c1ccc(Cl)cc1. The molecule has 88 valence electrons. The predicted octanol–water partition coefficient (Wildman–Crippen LogP) is 1.11. The van der Waals surface area contributed by atoms with Crippen molar-refractivity contribution in [1.82, 2.24) is 5.32 Å². The maximum Gasteiger partial charge on any atom is 0.251 e. The minimum absolute atomic E-state index is 0.0632. The van der Waals surface area contributed by atoms with E-state index in [0.717, 1.165) is 6.26 Å². The Morgan fingerprint density at radius 2 is 1.88 bits per heavy atom. The van der Waals surface area contributed by atoms with E-state index >= 15 is 0 Å². The maximum absolute atomic E-state index is 11.5. The second-order valence-corrected chi connectivity index (χ2v) is 6.09. The molecule has 0 aromatic heterocycles. The third kappa shape index (κ3) is 4.63. The molecule has 1 amide bonds. The van der Waals surface area contributed by atoms with E-state index < -0.39 is 9.84 Å². The molecule has 0 atom stereocenters. The molecule has 1 aromatic rings. The Hall–Kier alpha value is -1.07. The highest BCUT2D eigenvalue weighted by Gasteiger charge is 2.06. The summed E-state index contributed by atoms with van der Waals surface area (Å²) in [4.78, 5) is 11.5. The molecule has 0 fully saturated rings. The molecule has 0 unspecified atom stereocenters. The fourth-order valence-corrected chi connectivity index (χ4v) is 1.65. The van der Waals surface area contributed by atoms with Crippen LogP contribution in [0.25, 0.3) is 0 Å². The van der Waals surface area contributed by atoms with Gasteiger partial charge in [-0.3, -0.25) is 4.79 Å². The van der Waals surface area contributed by atoms with Crippen LogP contribution in [0.1, 0.15) is 10.4 Å². The Kier molecular flexibility index (Phi) is 4.32. The maximum atomic E-state index is 11.5. The molecule has 0 saturated heterocycles. The average molecular weight is 262 g/mol. The number of carbonyl (C=O) groups is 1. The van der Waals surface area contributed by atoms with Crippen molar-refractivity contribution in [2.75, 3.05) is 18.6 Å². The van der Waals surface area contributed by atoms with Crippen molar-refractivity contribution in [1.29, 1.82) is 0 Å². The van der Waals surface area contributed by atoms with Crippen molar-refractivity contribution in [3.05, 3.63) is 34.9 Å². The van der Waals surface area contributed by atoms with Gasteiger partial charge >= 0.3 is 0 Å². The highest BCUT2D eigenvalue weighted by Crippen LogP contribution is 2.09. The molecule has 0 radical (unpaired) electrons. The summed E-state index contributed by atoms with van der Waals surface area (Å²) in [7, 11) is -3.04. The van der Waals surface area contributed by atoms with Gasteiger partial charge in [0.15, 0.2) is 0 Å². The highest BCUT2D eigenvalue weighted by molar-refractivity contribution is 7.90. The molecule has 0 aliphatic heterocycles. The van der Waals surface area contributed by atoms with Crippen molar-refractivity contribution < 1.29 is 13.2 Å². The Morgan fingerprint density at radius 1 is 1.31 bits per heavy atom. The first-order valence-corrected chi connectivity index (χ1v) is 7.04. The van der Waals surface area contributed by atoms with Gasteiger partial charge < -0.3 is 5.32 Å². The lowest BCUT2D eigenvalue weighted by atomic mass is 10.2. The Balaban J connectivity index is 2.50. The number of halogens is 1. The minimum atomic E-state index is -3.04. The number of rotatable bonds is 4. The molecule has 0 spiro atoms. The van der Waals surface area contributed by atoms with Gasteiger partial charge in [-0.15, -0.1) is 0 Å². The Bertz CT molecular complexity index is 467. The number of amides is 1. The van der Waals surface area contributed by atoms with E-state index in [0.29, 0.717) is 10.6 Å². The minimum Gasteiger partial charge on any atom is -0.351 e. The topological polar surface area (TPSA) is 63.2 Å². The van der Waals surface area contributed by atoms with Crippen LogP contribution in [-0.4, -0.2) is 32.9 Å². The van der Waals surface area contributed by atoms with Crippen LogP contribution in [0.5, 0.6) is 0 Å². The zero-order valence-corrected chi connectivity index (χ0v) is 10.3. The zero-order chi connectivity index (χ0) is 12.2. The summed E-state index contributed by atoms with van der Waals surface area (Å²) in [6.45, 7) is 0.111. The first kappa shape index (κ1) is 13.0. The summed E-state index contributed by atoms with van der Waals surface area (Å²) < 4.78 is 21.7. The normalized spacial score (nSPS) is 11.1. The molecule has 0 aliphatic rings. The van der Waals surface area contributed by atoms with E-state index in [-0.39, 0.29) is 18.2 Å². The van der Waals surface area contributed by atoms with Gasteiger partial charge in [-0.05, 0) is 24.3 Å². The number of benzene rings is 1. The summed E-state index contributed by atoms with van der Waals surface area (Å²) in [6, 6.07) is 6.37. The molecule has 16 heavy (non-hydrogen) atoms. The van der Waals surface area contributed by atoms with Crippen LogP contribution in [0.3, 0.4) is 0 Å². The predicted molar refractivity (Wildman–Crippen MR) is 63.5 cm³/mol. The lowest BCUT2D eigenvalue weighted by Crippen LogP contribution is -2.28. The van der Waals surface area contributed by atoms with Gasteiger partial charge in [0.25, 0.3) is 5.91 Å². The number of nitrogens with one attached hydrogen (secondary N) is 1. The summed E-state index contributed by atoms with van der Waals surface area (Å²) >= 11 is 5.67. The number of hydrogen-bond donors (Lipinski definition) is 1. The second-order valence-electron chi connectivity index (χ2n) is 3.39. The molecule has 6 heteroatoms. The van der Waals surface area contributed by atoms with Gasteiger partial charge in [0, 0.05) is 23.4 Å². The van der Waals surface area contributed by atoms with E-state index in [9.17, 15) is 13.2 Å². The summed E-state index contributed by atoms with van der Waals surface area (Å²) in [5.41, 5.74) is 0.456. The van der Waals surface area contributed by atoms with E-state index in [4.69, 9.17) is 11.6 Å². The van der Waals surface area contributed by atoms with Gasteiger partial charge in [-0.1, -0.05) is 11.6 Å².